The zero-order valence-corrected chi connectivity index (χ0v) is 15.6. The first kappa shape index (κ1) is 18.0. The average molecular weight is 332 g/mol. The van der Waals surface area contributed by atoms with Crippen LogP contribution in [0, 0.1) is 6.42 Å². The predicted octanol–water partition coefficient (Wildman–Crippen LogP) is 8.08. The van der Waals surface area contributed by atoms with E-state index < -0.39 is 0 Å². The van der Waals surface area contributed by atoms with E-state index in [-0.39, 0.29) is 0 Å². The van der Waals surface area contributed by atoms with Crippen molar-refractivity contribution in [1.82, 2.24) is 0 Å². The Morgan fingerprint density at radius 2 is 1.28 bits per heavy atom. The molecule has 3 aromatic carbocycles. The first-order chi connectivity index (χ1) is 12.4. The van der Waals surface area contributed by atoms with Crippen LogP contribution in [0.4, 0.5) is 0 Å². The molecule has 0 saturated carbocycles. The maximum Gasteiger partial charge on any atom is -0.00867 e. The van der Waals surface area contributed by atoms with Gasteiger partial charge in [0.25, 0.3) is 0 Å². The second-order valence-electron chi connectivity index (χ2n) is 7.24. The van der Waals surface area contributed by atoms with E-state index in [2.05, 4.69) is 67.9 Å². The van der Waals surface area contributed by atoms with Crippen LogP contribution in [-0.2, 0) is 0 Å². The smallest absolute Gasteiger partial charge is 0.00867 e. The highest BCUT2D eigenvalue weighted by Gasteiger charge is 2.03. The molecule has 25 heavy (non-hydrogen) atoms. The second kappa shape index (κ2) is 9.61. The van der Waals surface area contributed by atoms with Crippen LogP contribution < -0.4 is 0 Å². The Hall–Kier alpha value is -1.82. The van der Waals surface area contributed by atoms with E-state index in [4.69, 9.17) is 0 Å². The first-order valence-electron chi connectivity index (χ1n) is 10.1. The minimum atomic E-state index is 1.20. The Bertz CT molecular complexity index is 784. The van der Waals surface area contributed by atoms with E-state index >= 15 is 0 Å². The van der Waals surface area contributed by atoms with Crippen LogP contribution in [0.5, 0.6) is 0 Å². The van der Waals surface area contributed by atoms with E-state index in [0.717, 1.165) is 0 Å². The second-order valence-corrected chi connectivity index (χ2v) is 7.24. The molecule has 0 amide bonds. The molecule has 0 saturated heterocycles. The number of fused-ring (bicyclic) bond motifs is 2. The lowest BCUT2D eigenvalue weighted by molar-refractivity contribution is 0.575. The van der Waals surface area contributed by atoms with Crippen molar-refractivity contribution in [3.8, 4) is 0 Å². The monoisotopic (exact) mass is 331 g/mol. The molecule has 0 heterocycles. The van der Waals surface area contributed by atoms with Crippen molar-refractivity contribution in [2.75, 3.05) is 0 Å². The Labute approximate surface area is 153 Å². The van der Waals surface area contributed by atoms with E-state index in [1.54, 1.807) is 0 Å². The summed E-state index contributed by atoms with van der Waals surface area (Å²) < 4.78 is 0. The van der Waals surface area contributed by atoms with Crippen molar-refractivity contribution in [2.24, 2.45) is 0 Å². The highest BCUT2D eigenvalue weighted by molar-refractivity contribution is 6.00. The molecule has 0 aliphatic rings. The van der Waals surface area contributed by atoms with Gasteiger partial charge in [-0.15, -0.1) is 0 Å². The number of rotatable bonds is 10. The lowest BCUT2D eigenvalue weighted by atomic mass is 9.96. The van der Waals surface area contributed by atoms with E-state index in [1.165, 1.54) is 84.9 Å². The van der Waals surface area contributed by atoms with Gasteiger partial charge in [-0.25, -0.2) is 0 Å². The van der Waals surface area contributed by atoms with Crippen molar-refractivity contribution >= 4 is 21.5 Å². The lowest BCUT2D eigenvalue weighted by Crippen LogP contribution is -1.87. The normalized spacial score (nSPS) is 11.4. The highest BCUT2D eigenvalue weighted by atomic mass is 14.1. The molecule has 0 aliphatic carbocycles. The SMILES string of the molecule is CCCCCCCCCC[CH]c1cccc2cc3ccccc3cc12. The Morgan fingerprint density at radius 3 is 2.04 bits per heavy atom. The van der Waals surface area contributed by atoms with E-state index in [1.807, 2.05) is 0 Å². The van der Waals surface area contributed by atoms with Crippen LogP contribution in [0.3, 0.4) is 0 Å². The molecule has 0 unspecified atom stereocenters. The Kier molecular flexibility index (Phi) is 6.91. The zero-order valence-electron chi connectivity index (χ0n) is 15.6. The maximum absolute atomic E-state index is 2.44. The minimum Gasteiger partial charge on any atom is -0.0654 e. The third-order valence-corrected chi connectivity index (χ3v) is 5.20. The summed E-state index contributed by atoms with van der Waals surface area (Å²) in [5, 5.41) is 5.40. The first-order valence-corrected chi connectivity index (χ1v) is 10.1. The minimum absolute atomic E-state index is 1.20. The summed E-state index contributed by atoms with van der Waals surface area (Å²) in [5.74, 6) is 0. The van der Waals surface area contributed by atoms with Gasteiger partial charge in [0.15, 0.2) is 0 Å². The maximum atomic E-state index is 2.44. The summed E-state index contributed by atoms with van der Waals surface area (Å²) in [7, 11) is 0. The Morgan fingerprint density at radius 1 is 0.640 bits per heavy atom. The molecule has 0 bridgehead atoms. The fourth-order valence-electron chi connectivity index (χ4n) is 3.70. The molecule has 131 valence electrons. The molecule has 3 rings (SSSR count). The quantitative estimate of drug-likeness (QED) is 0.260. The standard InChI is InChI=1S/C25H31/c1-2-3-4-5-6-7-8-9-10-14-21-17-13-18-24-19-22-15-11-12-16-23(22)20-25(21)24/h11-20H,2-10H2,1H3. The lowest BCUT2D eigenvalue weighted by Gasteiger charge is -2.08. The van der Waals surface area contributed by atoms with Gasteiger partial charge in [-0.1, -0.05) is 101 Å². The predicted molar refractivity (Wildman–Crippen MR) is 112 cm³/mol. The molecule has 0 N–H and O–H groups in total. The number of unbranched alkanes of at least 4 members (excludes halogenated alkanes) is 8. The van der Waals surface area contributed by atoms with Crippen LogP contribution in [0.25, 0.3) is 21.5 Å². The number of hydrogen-bond acceptors (Lipinski definition) is 0. The topological polar surface area (TPSA) is 0 Å². The molecular formula is C25H31. The van der Waals surface area contributed by atoms with Gasteiger partial charge in [-0.2, -0.15) is 0 Å². The molecule has 1 radical (unpaired) electrons. The number of benzene rings is 3. The van der Waals surface area contributed by atoms with Crippen molar-refractivity contribution in [3.05, 3.63) is 66.6 Å². The van der Waals surface area contributed by atoms with Gasteiger partial charge < -0.3 is 0 Å². The van der Waals surface area contributed by atoms with E-state index in [9.17, 15) is 0 Å². The fraction of sp³-hybridized carbons (Fsp3) is 0.400. The highest BCUT2D eigenvalue weighted by Crippen LogP contribution is 2.27. The van der Waals surface area contributed by atoms with Gasteiger partial charge in [0.05, 0.1) is 0 Å². The molecule has 0 atom stereocenters. The summed E-state index contributed by atoms with van der Waals surface area (Å²) in [4.78, 5) is 0. The van der Waals surface area contributed by atoms with Crippen LogP contribution in [-0.4, -0.2) is 0 Å². The van der Waals surface area contributed by atoms with Crippen molar-refractivity contribution in [2.45, 2.75) is 64.7 Å². The molecule has 0 aromatic heterocycles. The molecule has 0 heteroatoms. The summed E-state index contributed by atoms with van der Waals surface area (Å²) in [6, 6.07) is 20.0. The van der Waals surface area contributed by atoms with Gasteiger partial charge in [0.1, 0.15) is 0 Å². The summed E-state index contributed by atoms with van der Waals surface area (Å²) in [6.45, 7) is 2.28. The fourth-order valence-corrected chi connectivity index (χ4v) is 3.70. The van der Waals surface area contributed by atoms with Gasteiger partial charge in [-0.05, 0) is 52.1 Å². The summed E-state index contributed by atoms with van der Waals surface area (Å²) >= 11 is 0. The zero-order chi connectivity index (χ0) is 17.3. The molecular weight excluding hydrogens is 300 g/mol. The van der Waals surface area contributed by atoms with Crippen molar-refractivity contribution in [3.63, 3.8) is 0 Å². The molecule has 0 aliphatic heterocycles. The number of hydrogen-bond donors (Lipinski definition) is 0. The van der Waals surface area contributed by atoms with Crippen LogP contribution >= 0.6 is 0 Å². The molecule has 3 aromatic rings. The van der Waals surface area contributed by atoms with Gasteiger partial charge in [0.2, 0.25) is 0 Å². The van der Waals surface area contributed by atoms with Gasteiger partial charge >= 0.3 is 0 Å². The molecule has 0 spiro atoms. The largest absolute Gasteiger partial charge is 0.0654 e. The summed E-state index contributed by atoms with van der Waals surface area (Å²) in [6.07, 6.45) is 14.7. The average Bonchev–Trinajstić information content (AvgIpc) is 2.65. The molecule has 0 nitrogen and oxygen atoms in total. The molecule has 0 fully saturated rings. The van der Waals surface area contributed by atoms with E-state index in [0.29, 0.717) is 0 Å². The summed E-state index contributed by atoms with van der Waals surface area (Å²) in [5.41, 5.74) is 1.39. The van der Waals surface area contributed by atoms with Crippen LogP contribution in [0.2, 0.25) is 0 Å². The van der Waals surface area contributed by atoms with Gasteiger partial charge in [-0.3, -0.25) is 0 Å². The third kappa shape index (κ3) is 5.08. The Balaban J connectivity index is 1.52. The van der Waals surface area contributed by atoms with Crippen LogP contribution in [0.15, 0.2) is 54.6 Å². The van der Waals surface area contributed by atoms with Crippen molar-refractivity contribution in [1.29, 1.82) is 0 Å². The van der Waals surface area contributed by atoms with Crippen molar-refractivity contribution < 1.29 is 0 Å². The van der Waals surface area contributed by atoms with Gasteiger partial charge in [0, 0.05) is 0 Å². The third-order valence-electron chi connectivity index (χ3n) is 5.20. The van der Waals surface area contributed by atoms with Crippen LogP contribution in [0.1, 0.15) is 70.3 Å².